The van der Waals surface area contributed by atoms with Gasteiger partial charge in [-0.15, -0.1) is 0 Å². The second-order valence-electron chi connectivity index (χ2n) is 5.09. The number of rotatable bonds is 3. The van der Waals surface area contributed by atoms with E-state index < -0.39 is 11.2 Å². The molecule has 1 N–H and O–H groups in total. The summed E-state index contributed by atoms with van der Waals surface area (Å²) in [6.45, 7) is 2.38. The van der Waals surface area contributed by atoms with Gasteiger partial charge in [-0.2, -0.15) is 11.3 Å². The van der Waals surface area contributed by atoms with Crippen LogP contribution in [0.3, 0.4) is 0 Å². The standard InChI is InChI=1S/C15H15N3O3S/c1-3-5-18-13-11(14(20)17(2)15(18)21)12(19)10(16-13)7-9-4-6-22-8-9/h4,6-8,16H,3,5H2,1-2H3/b10-7+. The van der Waals surface area contributed by atoms with Gasteiger partial charge in [0.1, 0.15) is 11.4 Å². The molecule has 1 aliphatic rings. The molecule has 0 saturated carbocycles. The van der Waals surface area contributed by atoms with Crippen molar-refractivity contribution < 1.29 is 4.79 Å². The van der Waals surface area contributed by atoms with Crippen LogP contribution in [0, 0.1) is 0 Å². The first kappa shape index (κ1) is 14.5. The molecule has 0 fully saturated rings. The summed E-state index contributed by atoms with van der Waals surface area (Å²) in [6.07, 6.45) is 2.42. The third-order valence-electron chi connectivity index (χ3n) is 3.57. The largest absolute Gasteiger partial charge is 0.338 e. The lowest BCUT2D eigenvalue weighted by atomic mass is 10.1. The lowest BCUT2D eigenvalue weighted by Crippen LogP contribution is -2.40. The second kappa shape index (κ2) is 5.42. The van der Waals surface area contributed by atoms with Crippen molar-refractivity contribution in [1.82, 2.24) is 9.13 Å². The highest BCUT2D eigenvalue weighted by atomic mass is 32.1. The first-order valence-electron chi connectivity index (χ1n) is 6.94. The van der Waals surface area contributed by atoms with Gasteiger partial charge in [-0.25, -0.2) is 4.79 Å². The quantitative estimate of drug-likeness (QED) is 0.874. The van der Waals surface area contributed by atoms with Gasteiger partial charge in [0.05, 0.1) is 5.70 Å². The first-order chi connectivity index (χ1) is 10.5. The molecule has 0 aromatic carbocycles. The van der Waals surface area contributed by atoms with Gasteiger partial charge in [0, 0.05) is 13.6 Å². The van der Waals surface area contributed by atoms with Gasteiger partial charge < -0.3 is 5.32 Å². The molecule has 0 radical (unpaired) electrons. The van der Waals surface area contributed by atoms with E-state index in [1.807, 2.05) is 23.8 Å². The van der Waals surface area contributed by atoms with Crippen molar-refractivity contribution in [2.45, 2.75) is 19.9 Å². The Morgan fingerprint density at radius 1 is 1.32 bits per heavy atom. The summed E-state index contributed by atoms with van der Waals surface area (Å²) >= 11 is 1.52. The van der Waals surface area contributed by atoms with Crippen LogP contribution < -0.4 is 16.6 Å². The summed E-state index contributed by atoms with van der Waals surface area (Å²) in [4.78, 5) is 37.0. The Bertz CT molecular complexity index is 888. The average molecular weight is 317 g/mol. The number of allylic oxidation sites excluding steroid dienone is 1. The number of carbonyl (C=O) groups excluding carboxylic acids is 1. The number of carbonyl (C=O) groups is 1. The number of hydrogen-bond donors (Lipinski definition) is 1. The van der Waals surface area contributed by atoms with E-state index in [0.29, 0.717) is 18.1 Å². The molecule has 7 heteroatoms. The van der Waals surface area contributed by atoms with Crippen LogP contribution in [-0.4, -0.2) is 14.9 Å². The fraction of sp³-hybridized carbons (Fsp3) is 0.267. The highest BCUT2D eigenvalue weighted by Gasteiger charge is 2.32. The lowest BCUT2D eigenvalue weighted by molar-refractivity contribution is 0.104. The van der Waals surface area contributed by atoms with Crippen LogP contribution in [0.2, 0.25) is 0 Å². The van der Waals surface area contributed by atoms with E-state index in [1.54, 1.807) is 6.08 Å². The Morgan fingerprint density at radius 3 is 2.73 bits per heavy atom. The number of fused-ring (bicyclic) bond motifs is 1. The SMILES string of the molecule is CCCn1c2c(c(=O)n(C)c1=O)C(=O)/C(=C\c1ccsc1)N2. The van der Waals surface area contributed by atoms with Crippen LogP contribution in [-0.2, 0) is 13.6 Å². The lowest BCUT2D eigenvalue weighted by Gasteiger charge is -2.11. The van der Waals surface area contributed by atoms with Gasteiger partial charge in [0.15, 0.2) is 0 Å². The van der Waals surface area contributed by atoms with Gasteiger partial charge in [0.2, 0.25) is 5.78 Å². The van der Waals surface area contributed by atoms with E-state index in [9.17, 15) is 14.4 Å². The topological polar surface area (TPSA) is 73.1 Å². The third-order valence-corrected chi connectivity index (χ3v) is 4.27. The third kappa shape index (κ3) is 2.14. The van der Waals surface area contributed by atoms with Crippen LogP contribution in [0.25, 0.3) is 6.08 Å². The summed E-state index contributed by atoms with van der Waals surface area (Å²) in [5, 5.41) is 6.76. The van der Waals surface area contributed by atoms with Gasteiger partial charge in [0.25, 0.3) is 5.56 Å². The number of aromatic nitrogens is 2. The van der Waals surface area contributed by atoms with Crippen molar-refractivity contribution in [3.8, 4) is 0 Å². The second-order valence-corrected chi connectivity index (χ2v) is 5.87. The molecule has 3 heterocycles. The van der Waals surface area contributed by atoms with E-state index in [4.69, 9.17) is 0 Å². The van der Waals surface area contributed by atoms with Gasteiger partial charge in [-0.3, -0.25) is 18.7 Å². The fourth-order valence-corrected chi connectivity index (χ4v) is 3.10. The number of thiophene rings is 1. The van der Waals surface area contributed by atoms with Crippen molar-refractivity contribution >= 4 is 29.0 Å². The van der Waals surface area contributed by atoms with E-state index in [-0.39, 0.29) is 11.3 Å². The van der Waals surface area contributed by atoms with Crippen molar-refractivity contribution in [1.29, 1.82) is 0 Å². The number of ketones is 1. The van der Waals surface area contributed by atoms with Gasteiger partial charge in [-0.05, 0) is 34.9 Å². The van der Waals surface area contributed by atoms with Crippen molar-refractivity contribution in [2.24, 2.45) is 7.05 Å². The Labute approximate surface area is 130 Å². The van der Waals surface area contributed by atoms with Crippen LogP contribution >= 0.6 is 11.3 Å². The molecule has 0 spiro atoms. The fourth-order valence-electron chi connectivity index (χ4n) is 2.48. The van der Waals surface area contributed by atoms with Crippen LogP contribution in [0.5, 0.6) is 0 Å². The minimum absolute atomic E-state index is 0.0389. The van der Waals surface area contributed by atoms with E-state index in [1.165, 1.54) is 23.0 Å². The normalized spacial score (nSPS) is 15.2. The number of anilines is 1. The summed E-state index contributed by atoms with van der Waals surface area (Å²) in [5.41, 5.74) is 0.272. The molecule has 0 bridgehead atoms. The summed E-state index contributed by atoms with van der Waals surface area (Å²) in [7, 11) is 1.39. The molecule has 0 atom stereocenters. The molecule has 1 aliphatic heterocycles. The zero-order chi connectivity index (χ0) is 15.9. The van der Waals surface area contributed by atoms with Crippen molar-refractivity contribution in [2.75, 3.05) is 5.32 Å². The molecule has 2 aromatic heterocycles. The maximum Gasteiger partial charge on any atom is 0.332 e. The molecule has 0 unspecified atom stereocenters. The predicted octanol–water partition coefficient (Wildman–Crippen LogP) is 1.67. The predicted molar refractivity (Wildman–Crippen MR) is 86.5 cm³/mol. The minimum Gasteiger partial charge on any atom is -0.338 e. The highest BCUT2D eigenvalue weighted by Crippen LogP contribution is 2.26. The summed E-state index contributed by atoms with van der Waals surface area (Å²) < 4.78 is 2.44. The van der Waals surface area contributed by atoms with E-state index in [2.05, 4.69) is 5.32 Å². The molecule has 6 nitrogen and oxygen atoms in total. The molecule has 22 heavy (non-hydrogen) atoms. The van der Waals surface area contributed by atoms with Crippen LogP contribution in [0.15, 0.2) is 32.1 Å². The Morgan fingerprint density at radius 2 is 2.09 bits per heavy atom. The molecular weight excluding hydrogens is 302 g/mol. The summed E-state index contributed by atoms with van der Waals surface area (Å²) in [5.74, 6) is -0.0620. The molecule has 0 saturated heterocycles. The van der Waals surface area contributed by atoms with Crippen molar-refractivity contribution in [3.63, 3.8) is 0 Å². The zero-order valence-corrected chi connectivity index (χ0v) is 13.1. The Balaban J connectivity index is 2.20. The minimum atomic E-state index is -0.557. The Hall–Kier alpha value is -2.41. The molecule has 0 aliphatic carbocycles. The number of hydrogen-bond acceptors (Lipinski definition) is 5. The van der Waals surface area contributed by atoms with E-state index >= 15 is 0 Å². The highest BCUT2D eigenvalue weighted by molar-refractivity contribution is 7.08. The number of Topliss-reactive ketones (excluding diaryl/α,β-unsaturated/α-hetero) is 1. The molecule has 3 rings (SSSR count). The summed E-state index contributed by atoms with van der Waals surface area (Å²) in [6, 6.07) is 1.88. The van der Waals surface area contributed by atoms with Gasteiger partial charge >= 0.3 is 5.69 Å². The average Bonchev–Trinajstić information content (AvgIpc) is 3.11. The zero-order valence-electron chi connectivity index (χ0n) is 12.3. The van der Waals surface area contributed by atoms with Gasteiger partial charge in [-0.1, -0.05) is 6.92 Å². The molecule has 2 aromatic rings. The monoisotopic (exact) mass is 317 g/mol. The van der Waals surface area contributed by atoms with Crippen LogP contribution in [0.1, 0.15) is 29.3 Å². The van der Waals surface area contributed by atoms with E-state index in [0.717, 1.165) is 16.6 Å². The molecular formula is C15H15N3O3S. The Kier molecular flexibility index (Phi) is 3.58. The first-order valence-corrected chi connectivity index (χ1v) is 7.88. The van der Waals surface area contributed by atoms with Crippen molar-refractivity contribution in [3.05, 3.63) is 54.5 Å². The number of nitrogens with one attached hydrogen (secondary N) is 1. The molecule has 114 valence electrons. The van der Waals surface area contributed by atoms with Crippen LogP contribution in [0.4, 0.5) is 5.82 Å². The maximum absolute atomic E-state index is 12.5. The number of nitrogens with zero attached hydrogens (tertiary/aromatic N) is 2. The smallest absolute Gasteiger partial charge is 0.332 e. The maximum atomic E-state index is 12.5. The molecule has 0 amide bonds.